The van der Waals surface area contributed by atoms with E-state index in [9.17, 15) is 15.0 Å². The highest BCUT2D eigenvalue weighted by Gasteiger charge is 2.78. The molecule has 2 aliphatic rings. The molecule has 170 valence electrons. The van der Waals surface area contributed by atoms with E-state index < -0.39 is 35.1 Å². The minimum absolute atomic E-state index is 0.264. The Morgan fingerprint density at radius 3 is 2.39 bits per heavy atom. The van der Waals surface area contributed by atoms with Crippen molar-refractivity contribution in [1.29, 1.82) is 0 Å². The number of fused-ring (bicyclic) bond motifs is 3. The van der Waals surface area contributed by atoms with Crippen LogP contribution in [0.1, 0.15) is 28.2 Å². The first-order chi connectivity index (χ1) is 15.9. The van der Waals surface area contributed by atoms with Crippen LogP contribution >= 0.6 is 0 Å². The first-order valence-corrected chi connectivity index (χ1v) is 10.7. The molecule has 1 fully saturated rings. The van der Waals surface area contributed by atoms with Crippen molar-refractivity contribution in [3.63, 3.8) is 0 Å². The largest absolute Gasteiger partial charge is 0.495 e. The van der Waals surface area contributed by atoms with Gasteiger partial charge in [-0.3, -0.25) is 9.78 Å². The third kappa shape index (κ3) is 2.69. The van der Waals surface area contributed by atoms with E-state index in [0.29, 0.717) is 11.3 Å². The second-order valence-corrected chi connectivity index (χ2v) is 8.57. The molecule has 0 saturated heterocycles. The first kappa shape index (κ1) is 21.4. The van der Waals surface area contributed by atoms with Crippen LogP contribution < -0.4 is 9.47 Å². The van der Waals surface area contributed by atoms with E-state index in [1.54, 1.807) is 0 Å². The van der Waals surface area contributed by atoms with E-state index in [4.69, 9.17) is 14.2 Å². The predicted octanol–water partition coefficient (Wildman–Crippen LogP) is 2.82. The van der Waals surface area contributed by atoms with Crippen molar-refractivity contribution in [1.82, 2.24) is 4.98 Å². The van der Waals surface area contributed by atoms with E-state index in [-0.39, 0.29) is 11.3 Å². The van der Waals surface area contributed by atoms with Crippen LogP contribution in [0.2, 0.25) is 0 Å². The zero-order chi connectivity index (χ0) is 23.4. The van der Waals surface area contributed by atoms with E-state index >= 15 is 0 Å². The summed E-state index contributed by atoms with van der Waals surface area (Å²) < 4.78 is 17.2. The topological polar surface area (TPSA) is 98.1 Å². The van der Waals surface area contributed by atoms with Crippen molar-refractivity contribution in [3.8, 4) is 11.5 Å². The number of aromatic nitrogens is 1. The van der Waals surface area contributed by atoms with Gasteiger partial charge in [-0.25, -0.2) is 0 Å². The summed E-state index contributed by atoms with van der Waals surface area (Å²) in [6.07, 6.45) is 1.40. The monoisotopic (exact) mass is 447 g/mol. The van der Waals surface area contributed by atoms with Gasteiger partial charge >= 0.3 is 5.97 Å². The number of benzene rings is 2. The highest BCUT2D eigenvalue weighted by molar-refractivity contribution is 5.78. The minimum atomic E-state index is -2.02. The lowest BCUT2D eigenvalue weighted by Crippen LogP contribution is -2.52. The lowest BCUT2D eigenvalue weighted by molar-refractivity contribution is -0.161. The molecule has 0 radical (unpaired) electrons. The number of aliphatic hydroxyl groups is 2. The molecular formula is C26H25NO6. The summed E-state index contributed by atoms with van der Waals surface area (Å²) in [6.45, 7) is 1.96. The molecule has 0 amide bonds. The molecule has 1 aliphatic heterocycles. The number of aliphatic hydroxyl groups excluding tert-OH is 1. The highest BCUT2D eigenvalue weighted by Crippen LogP contribution is 2.69. The van der Waals surface area contributed by atoms with E-state index in [0.717, 1.165) is 11.1 Å². The third-order valence-corrected chi connectivity index (χ3v) is 6.99. The molecule has 7 nitrogen and oxygen atoms in total. The zero-order valence-electron chi connectivity index (χ0n) is 18.6. The second kappa shape index (κ2) is 7.57. The number of carbonyl (C=O) groups excluding carboxylic acids is 1. The number of rotatable bonds is 4. The molecule has 1 unspecified atom stereocenters. The molecule has 7 heteroatoms. The van der Waals surface area contributed by atoms with Crippen LogP contribution in [-0.2, 0) is 20.7 Å². The van der Waals surface area contributed by atoms with Gasteiger partial charge in [0.05, 0.1) is 38.1 Å². The quantitative estimate of drug-likeness (QED) is 0.594. The summed E-state index contributed by atoms with van der Waals surface area (Å²) in [4.78, 5) is 17.3. The van der Waals surface area contributed by atoms with Gasteiger partial charge in [-0.05, 0) is 18.1 Å². The van der Waals surface area contributed by atoms with Gasteiger partial charge in [0.1, 0.15) is 17.6 Å². The zero-order valence-corrected chi connectivity index (χ0v) is 18.6. The molecule has 5 rings (SSSR count). The summed E-state index contributed by atoms with van der Waals surface area (Å²) in [5.41, 5.74) is -0.936. The average Bonchev–Trinajstić information content (AvgIpc) is 3.22. The molecule has 5 atom stereocenters. The maximum absolute atomic E-state index is 13.1. The Balaban J connectivity index is 1.89. The van der Waals surface area contributed by atoms with Crippen molar-refractivity contribution in [3.05, 3.63) is 89.2 Å². The van der Waals surface area contributed by atoms with Gasteiger partial charge in [0.25, 0.3) is 0 Å². The molecule has 1 aliphatic carbocycles. The number of aryl methyl sites for hydroxylation is 1. The third-order valence-electron chi connectivity index (χ3n) is 6.99. The molecule has 1 aromatic heterocycles. The Morgan fingerprint density at radius 2 is 1.76 bits per heavy atom. The summed E-state index contributed by atoms with van der Waals surface area (Å²) >= 11 is 0. The van der Waals surface area contributed by atoms with Gasteiger partial charge in [0.15, 0.2) is 11.2 Å². The smallest absolute Gasteiger partial charge is 0.312 e. The van der Waals surface area contributed by atoms with E-state index in [1.807, 2.05) is 61.5 Å². The Morgan fingerprint density at radius 1 is 1.06 bits per heavy atom. The second-order valence-electron chi connectivity index (χ2n) is 8.57. The van der Waals surface area contributed by atoms with Crippen LogP contribution in [-0.4, -0.2) is 41.5 Å². The van der Waals surface area contributed by atoms with Crippen molar-refractivity contribution in [2.75, 3.05) is 14.2 Å². The first-order valence-electron chi connectivity index (χ1n) is 10.7. The molecular weight excluding hydrogens is 422 g/mol. The fourth-order valence-electron chi connectivity index (χ4n) is 5.59. The number of hydrogen-bond acceptors (Lipinski definition) is 7. The molecule has 2 heterocycles. The normalized spacial score (nSPS) is 29.7. The highest BCUT2D eigenvalue weighted by atomic mass is 16.5. The Kier molecular flexibility index (Phi) is 4.92. The molecule has 0 bridgehead atoms. The molecule has 2 N–H and O–H groups in total. The number of hydrogen-bond donors (Lipinski definition) is 2. The van der Waals surface area contributed by atoms with Gasteiger partial charge in [-0.15, -0.1) is 0 Å². The van der Waals surface area contributed by atoms with Crippen molar-refractivity contribution in [2.45, 2.75) is 30.1 Å². The number of ether oxygens (including phenoxy) is 3. The fourth-order valence-corrected chi connectivity index (χ4v) is 5.59. The minimum Gasteiger partial charge on any atom is -0.495 e. The molecule has 2 aromatic carbocycles. The Labute approximate surface area is 191 Å². The van der Waals surface area contributed by atoms with Crippen molar-refractivity contribution >= 4 is 5.97 Å². The van der Waals surface area contributed by atoms with Gasteiger partial charge in [0, 0.05) is 5.92 Å². The van der Waals surface area contributed by atoms with Crippen molar-refractivity contribution in [2.24, 2.45) is 5.92 Å². The molecule has 1 saturated carbocycles. The average molecular weight is 447 g/mol. The van der Waals surface area contributed by atoms with Crippen LogP contribution in [0.15, 0.2) is 67.0 Å². The number of esters is 1. The Hall–Kier alpha value is -3.42. The summed E-state index contributed by atoms with van der Waals surface area (Å²) in [5, 5.41) is 24.2. The summed E-state index contributed by atoms with van der Waals surface area (Å²) in [5.74, 6) is -1.95. The van der Waals surface area contributed by atoms with Gasteiger partial charge < -0.3 is 24.4 Å². The summed E-state index contributed by atoms with van der Waals surface area (Å²) in [7, 11) is 2.73. The van der Waals surface area contributed by atoms with Crippen LogP contribution in [0, 0.1) is 12.8 Å². The fraction of sp³-hybridized carbons (Fsp3) is 0.308. The van der Waals surface area contributed by atoms with Crippen LogP contribution in [0.5, 0.6) is 11.5 Å². The number of carbonyl (C=O) groups is 1. The SMILES string of the molecule is COC(=O)[C@H]1C(O)[C@@]2(O)c3c(OC)cncc3O[C@@]2(c2ccc(C)cc2)[C@@H]1c1ccccc1. The van der Waals surface area contributed by atoms with Gasteiger partial charge in [-0.2, -0.15) is 0 Å². The van der Waals surface area contributed by atoms with Gasteiger partial charge in [0.2, 0.25) is 0 Å². The van der Waals surface area contributed by atoms with Crippen LogP contribution in [0.3, 0.4) is 0 Å². The molecule has 3 aromatic rings. The molecule has 0 spiro atoms. The van der Waals surface area contributed by atoms with Crippen LogP contribution in [0.25, 0.3) is 0 Å². The maximum Gasteiger partial charge on any atom is 0.312 e. The van der Waals surface area contributed by atoms with E-state index in [1.165, 1.54) is 26.6 Å². The number of nitrogens with zero attached hydrogens (tertiary/aromatic N) is 1. The molecule has 33 heavy (non-hydrogen) atoms. The predicted molar refractivity (Wildman–Crippen MR) is 119 cm³/mol. The van der Waals surface area contributed by atoms with Crippen LogP contribution in [0.4, 0.5) is 0 Å². The van der Waals surface area contributed by atoms with Crippen molar-refractivity contribution < 1.29 is 29.2 Å². The number of pyridine rings is 1. The Bertz CT molecular complexity index is 1200. The van der Waals surface area contributed by atoms with Gasteiger partial charge in [-0.1, -0.05) is 60.2 Å². The van der Waals surface area contributed by atoms with E-state index in [2.05, 4.69) is 4.98 Å². The number of methoxy groups -OCH3 is 2. The lowest BCUT2D eigenvalue weighted by atomic mass is 9.70. The maximum atomic E-state index is 13.1. The lowest BCUT2D eigenvalue weighted by Gasteiger charge is -2.40. The standard InChI is InChI=1S/C26H25NO6/c1-15-9-11-17(12-10-15)26-21(16-7-5-4-6-8-16)20(24(29)32-3)23(28)25(26,30)22-18(31-2)13-27-14-19(22)33-26/h4-14,20-21,23,28,30H,1-3H3/t20-,21-,23?,25+,26+/m1/s1. The summed E-state index contributed by atoms with van der Waals surface area (Å²) in [6, 6.07) is 16.8.